The van der Waals surface area contributed by atoms with Crippen molar-refractivity contribution < 1.29 is 9.90 Å². The summed E-state index contributed by atoms with van der Waals surface area (Å²) in [5.74, 6) is 0. The van der Waals surface area contributed by atoms with Crippen molar-refractivity contribution >= 4 is 17.6 Å². The molecule has 1 unspecified atom stereocenters. The van der Waals surface area contributed by atoms with Crippen molar-refractivity contribution in [2.75, 3.05) is 13.6 Å². The molecule has 1 aromatic carbocycles. The predicted octanol–water partition coefficient (Wildman–Crippen LogP) is 3.28. The number of nitrogens with zero attached hydrogens (tertiary/aromatic N) is 1. The first-order valence-corrected chi connectivity index (χ1v) is 7.49. The largest absolute Gasteiger partial charge is 0.393 e. The summed E-state index contributed by atoms with van der Waals surface area (Å²) in [5.41, 5.74) is 0.773. The minimum atomic E-state index is -0.377. The van der Waals surface area contributed by atoms with E-state index in [4.69, 9.17) is 11.6 Å². The summed E-state index contributed by atoms with van der Waals surface area (Å²) in [5, 5.41) is 13.0. The van der Waals surface area contributed by atoms with Crippen LogP contribution in [0.5, 0.6) is 0 Å². The first-order valence-electron chi connectivity index (χ1n) is 7.12. The Morgan fingerprint density at radius 3 is 2.62 bits per heavy atom. The van der Waals surface area contributed by atoms with Gasteiger partial charge in [-0.25, -0.2) is 4.79 Å². The molecule has 1 rings (SSSR count). The second-order valence-electron chi connectivity index (χ2n) is 6.32. The molecule has 21 heavy (non-hydrogen) atoms. The molecule has 0 saturated heterocycles. The van der Waals surface area contributed by atoms with Crippen LogP contribution in [0.3, 0.4) is 0 Å². The standard InChI is InChI=1S/C16H25ClN2O2/c1-12(20)9-16(2,3)11-18-15(21)19(4)10-13-7-5-6-8-14(13)17/h5-8,12,20H,9-11H2,1-4H3,(H,18,21). The molecule has 0 aromatic heterocycles. The lowest BCUT2D eigenvalue weighted by Gasteiger charge is -2.28. The monoisotopic (exact) mass is 312 g/mol. The highest BCUT2D eigenvalue weighted by atomic mass is 35.5. The Morgan fingerprint density at radius 1 is 1.43 bits per heavy atom. The van der Waals surface area contributed by atoms with Gasteiger partial charge in [0, 0.05) is 25.2 Å². The molecular formula is C16H25ClN2O2. The molecule has 0 fully saturated rings. The first kappa shape index (κ1) is 17.8. The number of aliphatic hydroxyl groups excluding tert-OH is 1. The lowest BCUT2D eigenvalue weighted by Crippen LogP contribution is -2.42. The van der Waals surface area contributed by atoms with E-state index in [-0.39, 0.29) is 17.6 Å². The van der Waals surface area contributed by atoms with E-state index < -0.39 is 0 Å². The van der Waals surface area contributed by atoms with Crippen LogP contribution in [0.25, 0.3) is 0 Å². The number of aliphatic hydroxyl groups is 1. The average Bonchev–Trinajstić information content (AvgIpc) is 2.37. The zero-order chi connectivity index (χ0) is 16.0. The fourth-order valence-corrected chi connectivity index (χ4v) is 2.47. The quantitative estimate of drug-likeness (QED) is 0.847. The van der Waals surface area contributed by atoms with Gasteiger partial charge in [0.1, 0.15) is 0 Å². The van der Waals surface area contributed by atoms with E-state index in [1.165, 1.54) is 0 Å². The van der Waals surface area contributed by atoms with Gasteiger partial charge in [0.25, 0.3) is 0 Å². The molecule has 5 heteroatoms. The van der Waals surface area contributed by atoms with Crippen LogP contribution in [0.1, 0.15) is 32.8 Å². The van der Waals surface area contributed by atoms with E-state index in [9.17, 15) is 9.90 Å². The number of amides is 2. The van der Waals surface area contributed by atoms with Crippen molar-refractivity contribution in [2.45, 2.75) is 39.8 Å². The molecule has 1 atom stereocenters. The van der Waals surface area contributed by atoms with Crippen LogP contribution in [0.4, 0.5) is 4.79 Å². The second kappa shape index (κ2) is 7.66. The number of benzene rings is 1. The van der Waals surface area contributed by atoms with Gasteiger partial charge in [0.05, 0.1) is 6.10 Å². The summed E-state index contributed by atoms with van der Waals surface area (Å²) in [6, 6.07) is 7.34. The molecule has 2 N–H and O–H groups in total. The topological polar surface area (TPSA) is 52.6 Å². The number of carbonyl (C=O) groups excluding carboxylic acids is 1. The molecule has 0 heterocycles. The van der Waals surface area contributed by atoms with Crippen LogP contribution in [-0.2, 0) is 6.54 Å². The van der Waals surface area contributed by atoms with E-state index in [1.54, 1.807) is 18.9 Å². The van der Waals surface area contributed by atoms with Crippen molar-refractivity contribution in [1.82, 2.24) is 10.2 Å². The number of hydrogen-bond donors (Lipinski definition) is 2. The third-order valence-corrected chi connectivity index (χ3v) is 3.65. The highest BCUT2D eigenvalue weighted by Gasteiger charge is 2.22. The summed E-state index contributed by atoms with van der Waals surface area (Å²) < 4.78 is 0. The van der Waals surface area contributed by atoms with Gasteiger partial charge in [-0.2, -0.15) is 0 Å². The normalized spacial score (nSPS) is 12.9. The minimum absolute atomic E-state index is 0.144. The maximum absolute atomic E-state index is 12.1. The van der Waals surface area contributed by atoms with Gasteiger partial charge >= 0.3 is 6.03 Å². The highest BCUT2D eigenvalue weighted by molar-refractivity contribution is 6.31. The molecule has 0 saturated carbocycles. The smallest absolute Gasteiger partial charge is 0.317 e. The minimum Gasteiger partial charge on any atom is -0.393 e. The van der Waals surface area contributed by atoms with Crippen LogP contribution in [0.15, 0.2) is 24.3 Å². The Kier molecular flexibility index (Phi) is 6.49. The summed E-state index contributed by atoms with van der Waals surface area (Å²) in [6.45, 7) is 6.78. The van der Waals surface area contributed by atoms with Crippen LogP contribution in [0, 0.1) is 5.41 Å². The van der Waals surface area contributed by atoms with Gasteiger partial charge in [-0.15, -0.1) is 0 Å². The summed E-state index contributed by atoms with van der Waals surface area (Å²) in [7, 11) is 1.74. The number of halogens is 1. The van der Waals surface area contributed by atoms with Crippen molar-refractivity contribution in [3.05, 3.63) is 34.9 Å². The molecule has 0 bridgehead atoms. The summed E-state index contributed by atoms with van der Waals surface area (Å²) in [4.78, 5) is 13.7. The molecule has 4 nitrogen and oxygen atoms in total. The number of nitrogens with one attached hydrogen (secondary N) is 1. The average molecular weight is 313 g/mol. The Hall–Kier alpha value is -1.26. The van der Waals surface area contributed by atoms with Gasteiger partial charge in [-0.1, -0.05) is 43.6 Å². The van der Waals surface area contributed by atoms with Gasteiger partial charge in [0.15, 0.2) is 0 Å². The predicted molar refractivity (Wildman–Crippen MR) is 86.4 cm³/mol. The van der Waals surface area contributed by atoms with Crippen molar-refractivity contribution in [3.8, 4) is 0 Å². The summed E-state index contributed by atoms with van der Waals surface area (Å²) >= 11 is 6.09. The molecule has 2 amide bonds. The van der Waals surface area contributed by atoms with Gasteiger partial charge in [0.2, 0.25) is 0 Å². The molecular weight excluding hydrogens is 288 g/mol. The fraction of sp³-hybridized carbons (Fsp3) is 0.562. The zero-order valence-electron chi connectivity index (χ0n) is 13.2. The molecule has 0 aliphatic heterocycles. The zero-order valence-corrected chi connectivity index (χ0v) is 13.9. The maximum atomic E-state index is 12.1. The molecule has 0 spiro atoms. The van der Waals surface area contributed by atoms with E-state index in [0.29, 0.717) is 24.5 Å². The molecule has 0 radical (unpaired) electrons. The highest BCUT2D eigenvalue weighted by Crippen LogP contribution is 2.21. The van der Waals surface area contributed by atoms with Gasteiger partial charge in [-0.3, -0.25) is 0 Å². The Labute approximate surface area is 132 Å². The fourth-order valence-electron chi connectivity index (χ4n) is 2.28. The third-order valence-electron chi connectivity index (χ3n) is 3.28. The Bertz CT molecular complexity index is 475. The van der Waals surface area contributed by atoms with E-state index in [1.807, 2.05) is 38.1 Å². The summed E-state index contributed by atoms with van der Waals surface area (Å²) in [6.07, 6.45) is 0.263. The SMILES string of the molecule is CC(O)CC(C)(C)CNC(=O)N(C)Cc1ccccc1Cl. The van der Waals surface area contributed by atoms with Crippen LogP contribution < -0.4 is 5.32 Å². The van der Waals surface area contributed by atoms with Crippen molar-refractivity contribution in [2.24, 2.45) is 5.41 Å². The first-order chi connectivity index (χ1) is 9.71. The number of rotatable bonds is 6. The van der Waals surface area contributed by atoms with Gasteiger partial charge < -0.3 is 15.3 Å². The molecule has 0 aliphatic rings. The van der Waals surface area contributed by atoms with Crippen molar-refractivity contribution in [1.29, 1.82) is 0 Å². The third kappa shape index (κ3) is 6.36. The van der Waals surface area contributed by atoms with E-state index in [2.05, 4.69) is 5.32 Å². The molecule has 0 aliphatic carbocycles. The number of urea groups is 1. The Morgan fingerprint density at radius 2 is 2.05 bits per heavy atom. The lowest BCUT2D eigenvalue weighted by molar-refractivity contribution is 0.127. The lowest BCUT2D eigenvalue weighted by atomic mass is 9.87. The molecule has 1 aromatic rings. The second-order valence-corrected chi connectivity index (χ2v) is 6.73. The number of hydrogen-bond acceptors (Lipinski definition) is 2. The van der Waals surface area contributed by atoms with E-state index >= 15 is 0 Å². The van der Waals surface area contributed by atoms with Crippen LogP contribution in [0.2, 0.25) is 5.02 Å². The van der Waals surface area contributed by atoms with Crippen molar-refractivity contribution in [3.63, 3.8) is 0 Å². The Balaban J connectivity index is 2.50. The van der Waals surface area contributed by atoms with Gasteiger partial charge in [-0.05, 0) is 30.4 Å². The van der Waals surface area contributed by atoms with Crippen LogP contribution >= 0.6 is 11.6 Å². The molecule has 118 valence electrons. The van der Waals surface area contributed by atoms with E-state index in [0.717, 1.165) is 5.56 Å². The van der Waals surface area contributed by atoms with Crippen LogP contribution in [-0.4, -0.2) is 35.7 Å². The number of carbonyl (C=O) groups is 1. The maximum Gasteiger partial charge on any atom is 0.317 e.